The molecule has 136 valence electrons. The first-order chi connectivity index (χ1) is 12.6. The third-order valence-corrected chi connectivity index (χ3v) is 6.82. The molecular formula is C18H18N2O4S2. The smallest absolute Gasteiger partial charge is 0.253 e. The van der Waals surface area contributed by atoms with Gasteiger partial charge >= 0.3 is 0 Å². The maximum absolute atomic E-state index is 12.9. The van der Waals surface area contributed by atoms with Crippen molar-refractivity contribution in [3.63, 3.8) is 0 Å². The first-order valence-electron chi connectivity index (χ1n) is 7.92. The minimum absolute atomic E-state index is 0.120. The van der Waals surface area contributed by atoms with E-state index in [2.05, 4.69) is 5.32 Å². The normalized spacial score (nSPS) is 11.6. The van der Waals surface area contributed by atoms with Crippen LogP contribution < -0.4 is 5.32 Å². The van der Waals surface area contributed by atoms with Crippen LogP contribution in [0.3, 0.4) is 0 Å². The molecule has 0 aliphatic heterocycles. The Bertz CT molecular complexity index is 921. The van der Waals surface area contributed by atoms with Crippen LogP contribution in [0.1, 0.15) is 11.3 Å². The second-order valence-electron chi connectivity index (χ2n) is 5.55. The van der Waals surface area contributed by atoms with E-state index in [-0.39, 0.29) is 23.8 Å². The van der Waals surface area contributed by atoms with Gasteiger partial charge in [0.15, 0.2) is 0 Å². The predicted molar refractivity (Wildman–Crippen MR) is 98.9 cm³/mol. The quantitative estimate of drug-likeness (QED) is 0.641. The van der Waals surface area contributed by atoms with Crippen LogP contribution in [-0.4, -0.2) is 25.2 Å². The molecule has 2 heterocycles. The largest absolute Gasteiger partial charge is 0.467 e. The standard InChI is InChI=1S/C18H18N2O4S2/c21-17(19-12-16-8-4-10-24-16)14-20(13-15-6-2-1-3-7-15)26(22,23)18-9-5-11-25-18/h1-11H,12-14H2,(H,19,21). The molecule has 0 saturated carbocycles. The van der Waals surface area contributed by atoms with Gasteiger partial charge in [-0.05, 0) is 29.1 Å². The summed E-state index contributed by atoms with van der Waals surface area (Å²) in [5.41, 5.74) is 0.812. The van der Waals surface area contributed by atoms with Crippen molar-refractivity contribution in [2.75, 3.05) is 6.54 Å². The first kappa shape index (κ1) is 18.4. The molecule has 3 aromatic rings. The van der Waals surface area contributed by atoms with E-state index in [1.807, 2.05) is 30.3 Å². The SMILES string of the molecule is O=C(CN(Cc1ccccc1)S(=O)(=O)c1cccs1)NCc1ccco1. The monoisotopic (exact) mass is 390 g/mol. The van der Waals surface area contributed by atoms with Gasteiger partial charge in [-0.2, -0.15) is 4.31 Å². The number of thiophene rings is 1. The van der Waals surface area contributed by atoms with E-state index in [1.54, 1.807) is 29.6 Å². The summed E-state index contributed by atoms with van der Waals surface area (Å²) in [6, 6.07) is 15.9. The summed E-state index contributed by atoms with van der Waals surface area (Å²) in [5, 5.41) is 4.38. The number of rotatable bonds is 8. The van der Waals surface area contributed by atoms with Crippen molar-refractivity contribution < 1.29 is 17.6 Å². The van der Waals surface area contributed by atoms with Gasteiger partial charge in [0.2, 0.25) is 5.91 Å². The van der Waals surface area contributed by atoms with Crippen molar-refractivity contribution in [1.29, 1.82) is 0 Å². The minimum atomic E-state index is -3.76. The fraction of sp³-hybridized carbons (Fsp3) is 0.167. The van der Waals surface area contributed by atoms with Gasteiger partial charge in [0.05, 0.1) is 19.4 Å². The van der Waals surface area contributed by atoms with Gasteiger partial charge in [-0.15, -0.1) is 11.3 Å². The molecule has 1 aromatic carbocycles. The Balaban J connectivity index is 1.75. The zero-order valence-electron chi connectivity index (χ0n) is 13.9. The minimum Gasteiger partial charge on any atom is -0.467 e. The van der Waals surface area contributed by atoms with Crippen molar-refractivity contribution in [1.82, 2.24) is 9.62 Å². The Morgan fingerprint density at radius 3 is 2.54 bits per heavy atom. The van der Waals surface area contributed by atoms with Gasteiger partial charge < -0.3 is 9.73 Å². The zero-order chi connectivity index (χ0) is 18.4. The van der Waals surface area contributed by atoms with Crippen LogP contribution in [0, 0.1) is 0 Å². The average molecular weight is 390 g/mol. The Hall–Kier alpha value is -2.42. The fourth-order valence-corrected chi connectivity index (χ4v) is 4.89. The Morgan fingerprint density at radius 1 is 1.08 bits per heavy atom. The second kappa shape index (κ2) is 8.31. The molecular weight excluding hydrogens is 372 g/mol. The molecule has 0 aliphatic rings. The van der Waals surface area contributed by atoms with Crippen molar-refractivity contribution in [3.05, 3.63) is 77.6 Å². The Labute approximate surface area is 156 Å². The molecule has 1 N–H and O–H groups in total. The Morgan fingerprint density at radius 2 is 1.88 bits per heavy atom. The zero-order valence-corrected chi connectivity index (χ0v) is 15.5. The highest BCUT2D eigenvalue weighted by Gasteiger charge is 2.27. The number of nitrogens with zero attached hydrogens (tertiary/aromatic N) is 1. The highest BCUT2D eigenvalue weighted by atomic mass is 32.2. The van der Waals surface area contributed by atoms with Gasteiger partial charge in [-0.1, -0.05) is 36.4 Å². The van der Waals surface area contributed by atoms with E-state index in [0.29, 0.717) is 5.76 Å². The lowest BCUT2D eigenvalue weighted by Crippen LogP contribution is -2.39. The highest BCUT2D eigenvalue weighted by molar-refractivity contribution is 7.91. The van der Waals surface area contributed by atoms with E-state index in [0.717, 1.165) is 16.9 Å². The van der Waals surface area contributed by atoms with Crippen molar-refractivity contribution in [2.24, 2.45) is 0 Å². The number of hydrogen-bond donors (Lipinski definition) is 1. The van der Waals surface area contributed by atoms with Gasteiger partial charge in [-0.3, -0.25) is 4.79 Å². The molecule has 0 bridgehead atoms. The summed E-state index contributed by atoms with van der Waals surface area (Å²) in [6.07, 6.45) is 1.52. The number of benzene rings is 1. The topological polar surface area (TPSA) is 79.6 Å². The third-order valence-electron chi connectivity index (χ3n) is 3.65. The number of sulfonamides is 1. The van der Waals surface area contributed by atoms with Crippen LogP contribution in [0.4, 0.5) is 0 Å². The van der Waals surface area contributed by atoms with Crippen molar-refractivity contribution >= 4 is 27.3 Å². The number of amides is 1. The van der Waals surface area contributed by atoms with Gasteiger partial charge in [0, 0.05) is 6.54 Å². The van der Waals surface area contributed by atoms with E-state index in [9.17, 15) is 13.2 Å². The Kier molecular flexibility index (Phi) is 5.87. The highest BCUT2D eigenvalue weighted by Crippen LogP contribution is 2.22. The molecule has 0 spiro atoms. The van der Waals surface area contributed by atoms with E-state index >= 15 is 0 Å². The first-order valence-corrected chi connectivity index (χ1v) is 10.2. The molecule has 0 atom stereocenters. The summed E-state index contributed by atoms with van der Waals surface area (Å²) >= 11 is 1.13. The van der Waals surface area contributed by atoms with Crippen LogP contribution in [0.2, 0.25) is 0 Å². The number of nitrogens with one attached hydrogen (secondary N) is 1. The van der Waals surface area contributed by atoms with Crippen LogP contribution in [0.15, 0.2) is 74.9 Å². The lowest BCUT2D eigenvalue weighted by Gasteiger charge is -2.21. The van der Waals surface area contributed by atoms with E-state index in [4.69, 9.17) is 4.42 Å². The van der Waals surface area contributed by atoms with E-state index < -0.39 is 15.9 Å². The van der Waals surface area contributed by atoms with Gasteiger partial charge in [-0.25, -0.2) is 8.42 Å². The third kappa shape index (κ3) is 4.60. The summed E-state index contributed by atoms with van der Waals surface area (Å²) in [4.78, 5) is 12.3. The van der Waals surface area contributed by atoms with Crippen LogP contribution in [0.5, 0.6) is 0 Å². The van der Waals surface area contributed by atoms with Crippen LogP contribution >= 0.6 is 11.3 Å². The van der Waals surface area contributed by atoms with Crippen molar-refractivity contribution in [2.45, 2.75) is 17.3 Å². The molecule has 0 aliphatic carbocycles. The molecule has 0 radical (unpaired) electrons. The lowest BCUT2D eigenvalue weighted by molar-refractivity contribution is -0.121. The number of carbonyl (C=O) groups excluding carboxylic acids is 1. The van der Waals surface area contributed by atoms with E-state index in [1.165, 1.54) is 10.6 Å². The molecule has 6 nitrogen and oxygen atoms in total. The second-order valence-corrected chi connectivity index (χ2v) is 8.66. The number of furan rings is 1. The fourth-order valence-electron chi connectivity index (χ4n) is 2.37. The maximum Gasteiger partial charge on any atom is 0.253 e. The van der Waals surface area contributed by atoms with Crippen LogP contribution in [-0.2, 0) is 27.9 Å². The molecule has 0 unspecified atom stereocenters. The van der Waals surface area contributed by atoms with Gasteiger partial charge in [0.1, 0.15) is 9.97 Å². The summed E-state index contributed by atoms with van der Waals surface area (Å²) in [6.45, 7) is 0.0646. The molecule has 1 amide bonds. The van der Waals surface area contributed by atoms with Crippen molar-refractivity contribution in [3.8, 4) is 0 Å². The molecule has 0 fully saturated rings. The van der Waals surface area contributed by atoms with Crippen LogP contribution in [0.25, 0.3) is 0 Å². The number of hydrogen-bond acceptors (Lipinski definition) is 5. The summed E-state index contributed by atoms with van der Waals surface area (Å²) < 4.78 is 32.4. The predicted octanol–water partition coefficient (Wildman–Crippen LogP) is 2.85. The maximum atomic E-state index is 12.9. The molecule has 26 heavy (non-hydrogen) atoms. The molecule has 2 aromatic heterocycles. The lowest BCUT2D eigenvalue weighted by atomic mass is 10.2. The summed E-state index contributed by atoms with van der Waals surface area (Å²) in [7, 11) is -3.76. The van der Waals surface area contributed by atoms with Gasteiger partial charge in [0.25, 0.3) is 10.0 Å². The average Bonchev–Trinajstić information content (AvgIpc) is 3.34. The number of carbonyl (C=O) groups is 1. The summed E-state index contributed by atoms with van der Waals surface area (Å²) in [5.74, 6) is 0.214. The molecule has 0 saturated heterocycles. The molecule has 3 rings (SSSR count). The molecule has 8 heteroatoms.